The van der Waals surface area contributed by atoms with Crippen molar-refractivity contribution in [2.45, 2.75) is 38.1 Å². The average molecular weight is 641 g/mol. The second kappa shape index (κ2) is 21.0. The van der Waals surface area contributed by atoms with Crippen molar-refractivity contribution >= 4 is 23.6 Å². The summed E-state index contributed by atoms with van der Waals surface area (Å²) < 4.78 is 10.4. The molecule has 2 aromatic rings. The monoisotopic (exact) mass is 640 g/mol. The molecule has 0 spiro atoms. The van der Waals surface area contributed by atoms with Crippen molar-refractivity contribution in [3.8, 4) is 0 Å². The summed E-state index contributed by atoms with van der Waals surface area (Å²) in [5, 5.41) is 29.3. The van der Waals surface area contributed by atoms with Gasteiger partial charge in [0.2, 0.25) is 23.6 Å². The second-order valence-electron chi connectivity index (χ2n) is 11.3. The Morgan fingerprint density at radius 3 is 1.61 bits per heavy atom. The first-order chi connectivity index (χ1) is 22.4. The number of aliphatic hydroxyl groups is 2. The minimum Gasteiger partial charge on any atom is -0.394 e. The number of carbonyl (C=O) groups is 4. The van der Waals surface area contributed by atoms with Gasteiger partial charge in [-0.25, -0.2) is 0 Å². The maximum Gasteiger partial charge on any atom is 0.242 e. The normalized spacial score (nSPS) is 18.3. The van der Waals surface area contributed by atoms with E-state index in [1.165, 1.54) is 0 Å². The van der Waals surface area contributed by atoms with Crippen LogP contribution in [0.4, 0.5) is 0 Å². The van der Waals surface area contributed by atoms with Gasteiger partial charge >= 0.3 is 0 Å². The fraction of sp³-hybridized carbons (Fsp3) is 0.529. The fourth-order valence-electron chi connectivity index (χ4n) is 5.52. The van der Waals surface area contributed by atoms with Gasteiger partial charge in [0.15, 0.2) is 0 Å². The van der Waals surface area contributed by atoms with E-state index in [9.17, 15) is 19.2 Å². The molecule has 252 valence electrons. The molecule has 0 unspecified atom stereocenters. The van der Waals surface area contributed by atoms with Crippen molar-refractivity contribution < 1.29 is 38.9 Å². The minimum atomic E-state index is -0.848. The number of benzene rings is 2. The van der Waals surface area contributed by atoms with E-state index in [2.05, 4.69) is 21.3 Å². The van der Waals surface area contributed by atoms with E-state index in [1.54, 1.807) is 0 Å². The van der Waals surface area contributed by atoms with Gasteiger partial charge in [-0.05, 0) is 36.8 Å². The summed E-state index contributed by atoms with van der Waals surface area (Å²) in [6.07, 6.45) is 1.65. The molecule has 0 radical (unpaired) electrons. The number of rotatable bonds is 20. The molecule has 3 rings (SSSR count). The van der Waals surface area contributed by atoms with Gasteiger partial charge < -0.3 is 41.0 Å². The Bertz CT molecular complexity index is 1170. The molecule has 6 N–H and O–H groups in total. The van der Waals surface area contributed by atoms with Crippen molar-refractivity contribution in [3.63, 3.8) is 0 Å². The lowest BCUT2D eigenvalue weighted by atomic mass is 9.74. The zero-order chi connectivity index (χ0) is 33.0. The van der Waals surface area contributed by atoms with Gasteiger partial charge in [-0.1, -0.05) is 60.7 Å². The molecule has 0 aliphatic heterocycles. The maximum absolute atomic E-state index is 13.8. The summed E-state index contributed by atoms with van der Waals surface area (Å²) in [5.41, 5.74) is 1.97. The third-order valence-electron chi connectivity index (χ3n) is 7.85. The molecular formula is C34H48N4O8. The van der Waals surface area contributed by atoms with E-state index in [0.29, 0.717) is 13.0 Å². The van der Waals surface area contributed by atoms with Gasteiger partial charge in [-0.2, -0.15) is 0 Å². The van der Waals surface area contributed by atoms with E-state index in [1.807, 2.05) is 60.7 Å². The molecule has 1 aliphatic rings. The van der Waals surface area contributed by atoms with Crippen LogP contribution in [0.3, 0.4) is 0 Å². The molecule has 4 amide bonds. The van der Waals surface area contributed by atoms with Crippen LogP contribution >= 0.6 is 0 Å². The number of amides is 4. The minimum absolute atomic E-state index is 0.120. The van der Waals surface area contributed by atoms with Crippen LogP contribution in [0.15, 0.2) is 60.7 Å². The van der Waals surface area contributed by atoms with E-state index in [0.717, 1.165) is 11.1 Å². The number of aliphatic hydroxyl groups excluding tert-OH is 2. The quantitative estimate of drug-likeness (QED) is 0.113. The largest absolute Gasteiger partial charge is 0.394 e. The van der Waals surface area contributed by atoms with Crippen molar-refractivity contribution in [1.29, 1.82) is 0 Å². The van der Waals surface area contributed by atoms with Crippen LogP contribution in [-0.2, 0) is 41.5 Å². The van der Waals surface area contributed by atoms with Crippen LogP contribution in [0.2, 0.25) is 0 Å². The predicted octanol–water partition coefficient (Wildman–Crippen LogP) is 0.356. The summed E-state index contributed by atoms with van der Waals surface area (Å²) in [5.74, 6) is -3.13. The average Bonchev–Trinajstić information content (AvgIpc) is 3.08. The lowest BCUT2D eigenvalue weighted by Gasteiger charge is -2.33. The molecule has 0 bridgehead atoms. The molecule has 0 aromatic heterocycles. The number of ether oxygens (including phenoxy) is 2. The predicted molar refractivity (Wildman–Crippen MR) is 171 cm³/mol. The molecular weight excluding hydrogens is 592 g/mol. The standard InChI is InChI=1S/C34H48N4O8/c39-15-19-45-17-13-36-31(41)27-22-28(32(42)37-14-18-46-20-16-40)24-29(23-27)33(43)38-30(21-26-9-5-2-6-10-26)34(44)35-12-11-25-7-3-1-4-8-25/h1-10,27-30,39-40H,11-24H2,(H,35,44)(H,36,41)(H,37,42)(H,38,43)/t27-,28+,29-,30-/m0/s1. The van der Waals surface area contributed by atoms with Gasteiger partial charge in [-0.15, -0.1) is 0 Å². The second-order valence-corrected chi connectivity index (χ2v) is 11.3. The summed E-state index contributed by atoms with van der Waals surface area (Å²) in [7, 11) is 0. The van der Waals surface area contributed by atoms with E-state index < -0.39 is 23.8 Å². The molecule has 4 atom stereocenters. The Hall–Kier alpha value is -3.84. The van der Waals surface area contributed by atoms with Crippen LogP contribution in [0.1, 0.15) is 30.4 Å². The Labute approximate surface area is 270 Å². The van der Waals surface area contributed by atoms with Crippen LogP contribution in [0, 0.1) is 17.8 Å². The van der Waals surface area contributed by atoms with Gasteiger partial charge in [0.25, 0.3) is 0 Å². The molecule has 46 heavy (non-hydrogen) atoms. The van der Waals surface area contributed by atoms with Crippen molar-refractivity contribution in [2.75, 3.05) is 59.3 Å². The summed E-state index contributed by atoms with van der Waals surface area (Å²) in [6.45, 7) is 1.40. The van der Waals surface area contributed by atoms with Crippen LogP contribution in [0.25, 0.3) is 0 Å². The highest BCUT2D eigenvalue weighted by atomic mass is 16.5. The summed E-state index contributed by atoms with van der Waals surface area (Å²) in [6, 6.07) is 18.4. The molecule has 1 saturated carbocycles. The van der Waals surface area contributed by atoms with Crippen molar-refractivity contribution in [2.24, 2.45) is 17.8 Å². The van der Waals surface area contributed by atoms with E-state index >= 15 is 0 Å². The molecule has 0 saturated heterocycles. The zero-order valence-corrected chi connectivity index (χ0v) is 26.3. The number of carbonyl (C=O) groups excluding carboxylic acids is 4. The van der Waals surface area contributed by atoms with Gasteiger partial charge in [-0.3, -0.25) is 19.2 Å². The first kappa shape index (κ1) is 36.6. The Balaban J connectivity index is 1.68. The molecule has 1 aliphatic carbocycles. The smallest absolute Gasteiger partial charge is 0.242 e. The lowest BCUT2D eigenvalue weighted by molar-refractivity contribution is -0.137. The van der Waals surface area contributed by atoms with E-state index in [-0.39, 0.29) is 102 Å². The third kappa shape index (κ3) is 13.3. The molecule has 1 fully saturated rings. The topological polar surface area (TPSA) is 175 Å². The molecule has 2 aromatic carbocycles. The fourth-order valence-corrected chi connectivity index (χ4v) is 5.52. The Kier molecular flexibility index (Phi) is 16.8. The first-order valence-corrected chi connectivity index (χ1v) is 16.0. The number of hydrogen-bond donors (Lipinski definition) is 6. The van der Waals surface area contributed by atoms with Gasteiger partial charge in [0.05, 0.1) is 39.6 Å². The van der Waals surface area contributed by atoms with Crippen LogP contribution < -0.4 is 21.3 Å². The SMILES string of the molecule is O=C(NCCOCCO)[C@@H]1C[C@H](C(=O)NCCOCCO)C[C@H](C(=O)N[C@@H](Cc2ccccc2)C(=O)NCCc2ccccc2)C1. The Morgan fingerprint density at radius 1 is 0.630 bits per heavy atom. The van der Waals surface area contributed by atoms with Crippen molar-refractivity contribution in [3.05, 3.63) is 71.8 Å². The number of hydrogen-bond acceptors (Lipinski definition) is 8. The molecule has 12 heteroatoms. The van der Waals surface area contributed by atoms with Crippen molar-refractivity contribution in [1.82, 2.24) is 21.3 Å². The zero-order valence-electron chi connectivity index (χ0n) is 26.3. The summed E-state index contributed by atoms with van der Waals surface area (Å²) in [4.78, 5) is 53.4. The van der Waals surface area contributed by atoms with Crippen LogP contribution in [0.5, 0.6) is 0 Å². The summed E-state index contributed by atoms with van der Waals surface area (Å²) >= 11 is 0. The third-order valence-corrected chi connectivity index (χ3v) is 7.85. The Morgan fingerprint density at radius 2 is 1.11 bits per heavy atom. The number of nitrogens with one attached hydrogen (secondary N) is 4. The molecule has 12 nitrogen and oxygen atoms in total. The highest BCUT2D eigenvalue weighted by Crippen LogP contribution is 2.34. The molecule has 0 heterocycles. The van der Waals surface area contributed by atoms with E-state index in [4.69, 9.17) is 19.7 Å². The van der Waals surface area contributed by atoms with Crippen LogP contribution in [-0.4, -0.2) is 99.2 Å². The first-order valence-electron chi connectivity index (χ1n) is 16.0. The lowest BCUT2D eigenvalue weighted by Crippen LogP contribution is -2.52. The highest BCUT2D eigenvalue weighted by molar-refractivity contribution is 5.90. The van der Waals surface area contributed by atoms with Gasteiger partial charge in [0, 0.05) is 43.8 Å². The maximum atomic E-state index is 13.8. The highest BCUT2D eigenvalue weighted by Gasteiger charge is 2.39. The van der Waals surface area contributed by atoms with Gasteiger partial charge in [0.1, 0.15) is 6.04 Å².